The molecule has 0 saturated heterocycles. The third kappa shape index (κ3) is 7.20. The molecule has 1 unspecified atom stereocenters. The molecule has 0 aromatic carbocycles. The molecule has 98 valence electrons. The fourth-order valence-electron chi connectivity index (χ4n) is 1.84. The Bertz CT molecular complexity index is 183. The average Bonchev–Trinajstić information content (AvgIpc) is 2.14. The van der Waals surface area contributed by atoms with Crippen molar-refractivity contribution in [2.45, 2.75) is 26.9 Å². The Kier molecular flexibility index (Phi) is 6.53. The summed E-state index contributed by atoms with van der Waals surface area (Å²) in [5.74, 6) is 0. The van der Waals surface area contributed by atoms with Crippen molar-refractivity contribution in [1.82, 2.24) is 0 Å². The molecule has 0 fully saturated rings. The summed E-state index contributed by atoms with van der Waals surface area (Å²) in [7, 11) is 8.92. The molecule has 0 aromatic rings. The van der Waals surface area contributed by atoms with Crippen LogP contribution in [0.1, 0.15) is 20.8 Å². The third-order valence-corrected chi connectivity index (χ3v) is 3.37. The van der Waals surface area contributed by atoms with Gasteiger partial charge in [-0.3, -0.25) is 0 Å². The number of nitrogens with zero attached hydrogens (tertiary/aromatic N) is 2. The SMILES string of the molecule is CC[N+](C)(CC)CCOC(C)C[N+](C)(C)C. The van der Waals surface area contributed by atoms with Gasteiger partial charge in [0, 0.05) is 0 Å². The fraction of sp³-hybridized carbons (Fsp3) is 1.00. The highest BCUT2D eigenvalue weighted by Crippen LogP contribution is 2.03. The van der Waals surface area contributed by atoms with Gasteiger partial charge in [-0.05, 0) is 20.8 Å². The molecule has 0 spiro atoms. The van der Waals surface area contributed by atoms with Gasteiger partial charge in [0.15, 0.2) is 0 Å². The molecule has 0 rings (SSSR count). The van der Waals surface area contributed by atoms with Gasteiger partial charge in [-0.2, -0.15) is 0 Å². The van der Waals surface area contributed by atoms with Crippen LogP contribution in [0.5, 0.6) is 0 Å². The number of quaternary nitrogens is 2. The molecule has 0 aliphatic heterocycles. The van der Waals surface area contributed by atoms with E-state index in [9.17, 15) is 0 Å². The zero-order valence-electron chi connectivity index (χ0n) is 12.4. The zero-order valence-corrected chi connectivity index (χ0v) is 12.4. The van der Waals surface area contributed by atoms with E-state index < -0.39 is 0 Å². The molecule has 3 heteroatoms. The van der Waals surface area contributed by atoms with Crippen LogP contribution in [0.3, 0.4) is 0 Å². The van der Waals surface area contributed by atoms with Crippen molar-refractivity contribution in [3.63, 3.8) is 0 Å². The van der Waals surface area contributed by atoms with E-state index in [-0.39, 0.29) is 0 Å². The van der Waals surface area contributed by atoms with Gasteiger partial charge in [0.05, 0.1) is 47.9 Å². The molecule has 0 aliphatic carbocycles. The van der Waals surface area contributed by atoms with Gasteiger partial charge in [0.1, 0.15) is 19.2 Å². The first-order valence-electron chi connectivity index (χ1n) is 6.48. The van der Waals surface area contributed by atoms with Crippen molar-refractivity contribution < 1.29 is 13.7 Å². The smallest absolute Gasteiger partial charge is 0.104 e. The maximum atomic E-state index is 5.89. The highest BCUT2D eigenvalue weighted by Gasteiger charge is 2.18. The van der Waals surface area contributed by atoms with E-state index in [4.69, 9.17) is 4.74 Å². The molecule has 0 heterocycles. The lowest BCUT2D eigenvalue weighted by Crippen LogP contribution is -2.47. The highest BCUT2D eigenvalue weighted by atomic mass is 16.5. The number of hydrogen-bond donors (Lipinski definition) is 0. The fourth-order valence-corrected chi connectivity index (χ4v) is 1.84. The topological polar surface area (TPSA) is 9.23 Å². The minimum absolute atomic E-state index is 0.349. The summed E-state index contributed by atoms with van der Waals surface area (Å²) in [6.45, 7) is 12.1. The largest absolute Gasteiger partial charge is 0.367 e. The lowest BCUT2D eigenvalue weighted by molar-refractivity contribution is -0.907. The quantitative estimate of drug-likeness (QED) is 0.578. The second kappa shape index (κ2) is 6.58. The molecule has 0 saturated carbocycles. The first-order valence-corrected chi connectivity index (χ1v) is 6.48. The summed E-state index contributed by atoms with van der Waals surface area (Å²) in [5.41, 5.74) is 0. The van der Waals surface area contributed by atoms with Crippen LogP contribution in [0.4, 0.5) is 0 Å². The van der Waals surface area contributed by atoms with Crippen molar-refractivity contribution >= 4 is 0 Å². The van der Waals surface area contributed by atoms with Gasteiger partial charge in [-0.1, -0.05) is 0 Å². The molecule has 1 atom stereocenters. The Morgan fingerprint density at radius 1 is 1.00 bits per heavy atom. The molecule has 0 aliphatic rings. The predicted molar refractivity (Wildman–Crippen MR) is 70.4 cm³/mol. The summed E-state index contributed by atoms with van der Waals surface area (Å²) in [6, 6.07) is 0. The van der Waals surface area contributed by atoms with Crippen LogP contribution in [-0.2, 0) is 4.74 Å². The Labute approximate surface area is 102 Å². The standard InChI is InChI=1S/C13H32N2O/c1-8-15(7,9-2)10-11-16-13(3)12-14(4,5)6/h13H,8-12H2,1-7H3/q+2. The maximum Gasteiger partial charge on any atom is 0.104 e. The lowest BCUT2D eigenvalue weighted by atomic mass is 10.3. The molecule has 16 heavy (non-hydrogen) atoms. The normalized spacial score (nSPS) is 15.2. The summed E-state index contributed by atoms with van der Waals surface area (Å²) in [6.07, 6.45) is 0.349. The number of hydrogen-bond acceptors (Lipinski definition) is 1. The van der Waals surface area contributed by atoms with Crippen molar-refractivity contribution in [2.24, 2.45) is 0 Å². The van der Waals surface area contributed by atoms with Crippen LogP contribution in [0.2, 0.25) is 0 Å². The lowest BCUT2D eigenvalue weighted by Gasteiger charge is -2.33. The number of likely N-dealkylation sites (N-methyl/N-ethyl adjacent to an activating group) is 2. The molecule has 0 radical (unpaired) electrons. The second-order valence-corrected chi connectivity index (χ2v) is 6.13. The molecule has 3 nitrogen and oxygen atoms in total. The van der Waals surface area contributed by atoms with Crippen LogP contribution >= 0.6 is 0 Å². The molecule has 0 N–H and O–H groups in total. The van der Waals surface area contributed by atoms with Gasteiger partial charge in [-0.25, -0.2) is 0 Å². The monoisotopic (exact) mass is 232 g/mol. The van der Waals surface area contributed by atoms with Crippen LogP contribution < -0.4 is 0 Å². The Morgan fingerprint density at radius 2 is 1.50 bits per heavy atom. The van der Waals surface area contributed by atoms with E-state index in [0.717, 1.165) is 28.7 Å². The third-order valence-electron chi connectivity index (χ3n) is 3.37. The van der Waals surface area contributed by atoms with Crippen molar-refractivity contribution in [3.8, 4) is 0 Å². The van der Waals surface area contributed by atoms with Gasteiger partial charge in [0.2, 0.25) is 0 Å². The van der Waals surface area contributed by atoms with Crippen molar-refractivity contribution in [3.05, 3.63) is 0 Å². The second-order valence-electron chi connectivity index (χ2n) is 6.13. The number of ether oxygens (including phenoxy) is 1. The molecular weight excluding hydrogens is 200 g/mol. The summed E-state index contributed by atoms with van der Waals surface area (Å²) < 4.78 is 7.96. The Hall–Kier alpha value is -0.120. The van der Waals surface area contributed by atoms with E-state index in [1.165, 1.54) is 13.1 Å². The van der Waals surface area contributed by atoms with E-state index in [2.05, 4.69) is 49.0 Å². The first kappa shape index (κ1) is 15.9. The minimum atomic E-state index is 0.349. The van der Waals surface area contributed by atoms with E-state index in [1.54, 1.807) is 0 Å². The van der Waals surface area contributed by atoms with Gasteiger partial charge >= 0.3 is 0 Å². The first-order chi connectivity index (χ1) is 7.22. The Balaban J connectivity index is 3.81. The Morgan fingerprint density at radius 3 is 1.88 bits per heavy atom. The maximum absolute atomic E-state index is 5.89. The van der Waals surface area contributed by atoms with Crippen LogP contribution in [0.25, 0.3) is 0 Å². The minimum Gasteiger partial charge on any atom is -0.367 e. The van der Waals surface area contributed by atoms with E-state index in [0.29, 0.717) is 6.10 Å². The summed E-state index contributed by atoms with van der Waals surface area (Å²) >= 11 is 0. The average molecular weight is 232 g/mol. The van der Waals surface area contributed by atoms with E-state index in [1.807, 2.05) is 0 Å². The molecule has 0 aromatic heterocycles. The van der Waals surface area contributed by atoms with Gasteiger partial charge in [-0.15, -0.1) is 0 Å². The van der Waals surface area contributed by atoms with Crippen molar-refractivity contribution in [2.75, 3.05) is 61.0 Å². The van der Waals surface area contributed by atoms with Crippen LogP contribution in [-0.4, -0.2) is 76.0 Å². The summed E-state index contributed by atoms with van der Waals surface area (Å²) in [5, 5.41) is 0. The molecule has 0 amide bonds. The highest BCUT2D eigenvalue weighted by molar-refractivity contribution is 4.47. The predicted octanol–water partition coefficient (Wildman–Crippen LogP) is 1.58. The summed E-state index contributed by atoms with van der Waals surface area (Å²) in [4.78, 5) is 0. The molecule has 0 bridgehead atoms. The van der Waals surface area contributed by atoms with Gasteiger partial charge < -0.3 is 13.7 Å². The van der Waals surface area contributed by atoms with Crippen LogP contribution in [0, 0.1) is 0 Å². The molecular formula is C13H32N2O+2. The number of rotatable bonds is 8. The van der Waals surface area contributed by atoms with E-state index >= 15 is 0 Å². The van der Waals surface area contributed by atoms with Gasteiger partial charge in [0.25, 0.3) is 0 Å². The zero-order chi connectivity index (χ0) is 12.8. The van der Waals surface area contributed by atoms with Crippen molar-refractivity contribution in [1.29, 1.82) is 0 Å². The van der Waals surface area contributed by atoms with Crippen LogP contribution in [0.15, 0.2) is 0 Å².